The minimum absolute atomic E-state index is 0.682. The highest BCUT2D eigenvalue weighted by atomic mass is 32.2. The summed E-state index contributed by atoms with van der Waals surface area (Å²) in [7, 11) is 1.59. The fourth-order valence-corrected chi connectivity index (χ4v) is 1.48. The second kappa shape index (κ2) is 4.16. The molecular weight excluding hydrogens is 172 g/mol. The number of carbonyl (C=O) groups is 1. The van der Waals surface area contributed by atoms with Crippen LogP contribution in [0.2, 0.25) is 0 Å². The van der Waals surface area contributed by atoms with Crippen molar-refractivity contribution in [2.45, 2.75) is 4.90 Å². The molecule has 0 heterocycles. The zero-order valence-electron chi connectivity index (χ0n) is 7.03. The third-order valence-electron chi connectivity index (χ3n) is 1.56. The number of methoxy groups -OCH3 is 1. The van der Waals surface area contributed by atoms with Crippen LogP contribution in [0.25, 0.3) is 0 Å². The highest BCUT2D eigenvalue weighted by molar-refractivity contribution is 7.98. The van der Waals surface area contributed by atoms with Gasteiger partial charge in [-0.15, -0.1) is 11.8 Å². The van der Waals surface area contributed by atoms with Gasteiger partial charge in [0, 0.05) is 10.5 Å². The number of benzene rings is 1. The van der Waals surface area contributed by atoms with Crippen LogP contribution in [0, 0.1) is 0 Å². The molecule has 0 aromatic heterocycles. The second-order valence-corrected chi connectivity index (χ2v) is 3.07. The van der Waals surface area contributed by atoms with Crippen molar-refractivity contribution >= 4 is 18.0 Å². The van der Waals surface area contributed by atoms with E-state index >= 15 is 0 Å². The van der Waals surface area contributed by atoms with E-state index in [1.165, 1.54) is 0 Å². The Bertz CT molecular complexity index is 284. The van der Waals surface area contributed by atoms with Gasteiger partial charge in [0.25, 0.3) is 0 Å². The topological polar surface area (TPSA) is 26.3 Å². The molecule has 0 amide bonds. The van der Waals surface area contributed by atoms with E-state index in [9.17, 15) is 4.79 Å². The Kier molecular flexibility index (Phi) is 3.17. The molecule has 2 nitrogen and oxygen atoms in total. The van der Waals surface area contributed by atoms with Gasteiger partial charge in [-0.3, -0.25) is 4.79 Å². The first-order valence-corrected chi connectivity index (χ1v) is 4.71. The number of carbonyl (C=O) groups excluding carboxylic acids is 1. The van der Waals surface area contributed by atoms with Gasteiger partial charge >= 0.3 is 0 Å². The monoisotopic (exact) mass is 182 g/mol. The van der Waals surface area contributed by atoms with Crippen LogP contribution in [0.1, 0.15) is 10.4 Å². The molecule has 0 atom stereocenters. The zero-order valence-corrected chi connectivity index (χ0v) is 7.85. The quantitative estimate of drug-likeness (QED) is 0.529. The molecule has 3 heteroatoms. The van der Waals surface area contributed by atoms with Gasteiger partial charge in [-0.05, 0) is 24.5 Å². The summed E-state index contributed by atoms with van der Waals surface area (Å²) in [6.45, 7) is 0. The third-order valence-corrected chi connectivity index (χ3v) is 2.38. The first-order chi connectivity index (χ1) is 5.81. The number of rotatable bonds is 3. The van der Waals surface area contributed by atoms with E-state index in [2.05, 4.69) is 0 Å². The van der Waals surface area contributed by atoms with Gasteiger partial charge < -0.3 is 4.74 Å². The van der Waals surface area contributed by atoms with Crippen molar-refractivity contribution < 1.29 is 9.53 Å². The Morgan fingerprint density at radius 3 is 2.75 bits per heavy atom. The normalized spacial score (nSPS) is 9.50. The van der Waals surface area contributed by atoms with Gasteiger partial charge in [0.05, 0.1) is 7.11 Å². The van der Waals surface area contributed by atoms with Gasteiger partial charge in [0.15, 0.2) is 6.29 Å². The summed E-state index contributed by atoms with van der Waals surface area (Å²) in [5, 5.41) is 0. The minimum atomic E-state index is 0.682. The maximum absolute atomic E-state index is 10.6. The highest BCUT2D eigenvalue weighted by Gasteiger charge is 2.01. The van der Waals surface area contributed by atoms with Crippen molar-refractivity contribution in [2.24, 2.45) is 0 Å². The fraction of sp³-hybridized carbons (Fsp3) is 0.222. The van der Waals surface area contributed by atoms with Crippen molar-refractivity contribution in [1.82, 2.24) is 0 Å². The lowest BCUT2D eigenvalue weighted by atomic mass is 10.2. The van der Waals surface area contributed by atoms with Crippen LogP contribution < -0.4 is 4.74 Å². The van der Waals surface area contributed by atoms with Crippen LogP contribution in [0.5, 0.6) is 5.75 Å². The van der Waals surface area contributed by atoms with Crippen LogP contribution in [-0.4, -0.2) is 19.7 Å². The van der Waals surface area contributed by atoms with Gasteiger partial charge in [-0.2, -0.15) is 0 Å². The fourth-order valence-electron chi connectivity index (χ4n) is 0.932. The molecule has 0 saturated carbocycles. The summed E-state index contributed by atoms with van der Waals surface area (Å²) < 4.78 is 4.99. The van der Waals surface area contributed by atoms with Gasteiger partial charge in [0.1, 0.15) is 5.75 Å². The molecular formula is C9H10O2S. The van der Waals surface area contributed by atoms with Crippen LogP contribution in [0.4, 0.5) is 0 Å². The Balaban J connectivity index is 3.10. The molecule has 12 heavy (non-hydrogen) atoms. The molecule has 0 bridgehead atoms. The predicted octanol–water partition coefficient (Wildman–Crippen LogP) is 2.23. The molecule has 1 aromatic rings. The van der Waals surface area contributed by atoms with E-state index in [4.69, 9.17) is 4.74 Å². The number of hydrogen-bond acceptors (Lipinski definition) is 3. The SMILES string of the molecule is COc1ccc(SC)c(C=O)c1. The predicted molar refractivity (Wildman–Crippen MR) is 50.2 cm³/mol. The molecule has 0 fully saturated rings. The minimum Gasteiger partial charge on any atom is -0.497 e. The number of hydrogen-bond donors (Lipinski definition) is 0. The molecule has 0 saturated heterocycles. The van der Waals surface area contributed by atoms with Crippen LogP contribution in [0.3, 0.4) is 0 Å². The van der Waals surface area contributed by atoms with Gasteiger partial charge in [-0.25, -0.2) is 0 Å². The van der Waals surface area contributed by atoms with Crippen molar-refractivity contribution in [1.29, 1.82) is 0 Å². The van der Waals surface area contributed by atoms with Crippen molar-refractivity contribution in [3.8, 4) is 5.75 Å². The molecule has 0 unspecified atom stereocenters. The highest BCUT2D eigenvalue weighted by Crippen LogP contribution is 2.23. The van der Waals surface area contributed by atoms with Crippen LogP contribution in [-0.2, 0) is 0 Å². The van der Waals surface area contributed by atoms with Crippen molar-refractivity contribution in [3.05, 3.63) is 23.8 Å². The van der Waals surface area contributed by atoms with E-state index in [0.29, 0.717) is 5.56 Å². The summed E-state index contributed by atoms with van der Waals surface area (Å²) in [6.07, 6.45) is 2.78. The maximum atomic E-state index is 10.6. The molecule has 0 aliphatic rings. The van der Waals surface area contributed by atoms with Crippen molar-refractivity contribution in [2.75, 3.05) is 13.4 Å². The lowest BCUT2D eigenvalue weighted by molar-refractivity contribution is 0.112. The molecule has 64 valence electrons. The molecule has 0 aliphatic heterocycles. The standard InChI is InChI=1S/C9H10O2S/c1-11-8-3-4-9(12-2)7(5-8)6-10/h3-6H,1-2H3. The van der Waals surface area contributed by atoms with E-state index in [1.807, 2.05) is 18.4 Å². The Hall–Kier alpha value is -0.960. The van der Waals surface area contributed by atoms with Crippen LogP contribution in [0.15, 0.2) is 23.1 Å². The lowest BCUT2D eigenvalue weighted by Crippen LogP contribution is -1.88. The Morgan fingerprint density at radius 1 is 1.50 bits per heavy atom. The summed E-state index contributed by atoms with van der Waals surface area (Å²) in [4.78, 5) is 11.6. The summed E-state index contributed by atoms with van der Waals surface area (Å²) in [6, 6.07) is 5.46. The molecule has 1 rings (SSSR count). The Labute approximate surface area is 75.9 Å². The Morgan fingerprint density at radius 2 is 2.25 bits per heavy atom. The summed E-state index contributed by atoms with van der Waals surface area (Å²) in [5.74, 6) is 0.718. The van der Waals surface area contributed by atoms with E-state index in [0.717, 1.165) is 16.9 Å². The average molecular weight is 182 g/mol. The zero-order chi connectivity index (χ0) is 8.97. The largest absolute Gasteiger partial charge is 0.497 e. The molecule has 0 radical (unpaired) electrons. The van der Waals surface area contributed by atoms with Gasteiger partial charge in [-0.1, -0.05) is 0 Å². The molecule has 0 N–H and O–H groups in total. The molecule has 0 aliphatic carbocycles. The average Bonchev–Trinajstić information content (AvgIpc) is 2.16. The third kappa shape index (κ3) is 1.80. The van der Waals surface area contributed by atoms with E-state index in [-0.39, 0.29) is 0 Å². The summed E-state index contributed by atoms with van der Waals surface area (Å²) >= 11 is 1.55. The van der Waals surface area contributed by atoms with Gasteiger partial charge in [0.2, 0.25) is 0 Å². The maximum Gasteiger partial charge on any atom is 0.151 e. The molecule has 1 aromatic carbocycles. The first-order valence-electron chi connectivity index (χ1n) is 3.49. The summed E-state index contributed by atoms with van der Waals surface area (Å²) in [5.41, 5.74) is 0.682. The van der Waals surface area contributed by atoms with E-state index in [1.54, 1.807) is 24.9 Å². The van der Waals surface area contributed by atoms with Crippen LogP contribution >= 0.6 is 11.8 Å². The van der Waals surface area contributed by atoms with E-state index < -0.39 is 0 Å². The number of aldehydes is 1. The molecule has 0 spiro atoms. The lowest BCUT2D eigenvalue weighted by Gasteiger charge is -2.03. The number of ether oxygens (including phenoxy) is 1. The smallest absolute Gasteiger partial charge is 0.151 e. The second-order valence-electron chi connectivity index (χ2n) is 2.23. The first kappa shape index (κ1) is 9.13. The number of thioether (sulfide) groups is 1. The van der Waals surface area contributed by atoms with Crippen molar-refractivity contribution in [3.63, 3.8) is 0 Å².